The van der Waals surface area contributed by atoms with E-state index in [4.69, 9.17) is 27.9 Å². The van der Waals surface area contributed by atoms with Crippen molar-refractivity contribution in [1.82, 2.24) is 20.2 Å². The van der Waals surface area contributed by atoms with Crippen molar-refractivity contribution in [3.05, 3.63) is 63.6 Å². The Hall–Kier alpha value is -2.31. The number of hydrogen-bond donors (Lipinski definition) is 1. The molecule has 0 aliphatic carbocycles. The van der Waals surface area contributed by atoms with Crippen molar-refractivity contribution in [2.75, 3.05) is 5.32 Å². The summed E-state index contributed by atoms with van der Waals surface area (Å²) in [5, 5.41) is 16.3. The van der Waals surface area contributed by atoms with Gasteiger partial charge in [-0.25, -0.2) is 4.68 Å². The van der Waals surface area contributed by atoms with E-state index in [0.717, 1.165) is 36.3 Å². The van der Waals surface area contributed by atoms with Gasteiger partial charge in [0.2, 0.25) is 5.95 Å². The molecule has 142 valence electrons. The molecule has 6 nitrogen and oxygen atoms in total. The van der Waals surface area contributed by atoms with Crippen LogP contribution in [0, 0.1) is 0 Å². The lowest BCUT2D eigenvalue weighted by molar-refractivity contribution is 0.303. The van der Waals surface area contributed by atoms with Crippen LogP contribution in [0.4, 0.5) is 5.95 Å². The molecule has 0 saturated heterocycles. The first-order valence-corrected chi connectivity index (χ1v) is 9.57. The largest absolute Gasteiger partial charge is 0.488 e. The van der Waals surface area contributed by atoms with Crippen molar-refractivity contribution in [3.8, 4) is 5.75 Å². The minimum absolute atomic E-state index is 0.362. The molecule has 8 heteroatoms. The smallest absolute Gasteiger partial charge is 0.243 e. The van der Waals surface area contributed by atoms with Crippen LogP contribution in [-0.2, 0) is 19.7 Å². The van der Waals surface area contributed by atoms with Gasteiger partial charge in [0.05, 0.1) is 0 Å². The molecule has 0 amide bonds. The molecule has 1 heterocycles. The zero-order valence-electron chi connectivity index (χ0n) is 15.0. The Balaban J connectivity index is 1.65. The molecular weight excluding hydrogens is 385 g/mol. The number of tetrazole rings is 1. The summed E-state index contributed by atoms with van der Waals surface area (Å²) in [5.74, 6) is 1.43. The number of nitrogens with zero attached hydrogens (tertiary/aromatic N) is 4. The highest BCUT2D eigenvalue weighted by Gasteiger charge is 2.09. The van der Waals surface area contributed by atoms with Crippen LogP contribution in [0.1, 0.15) is 30.9 Å². The number of hydrogen-bond acceptors (Lipinski definition) is 5. The maximum absolute atomic E-state index is 6.22. The van der Waals surface area contributed by atoms with Gasteiger partial charge in [-0.1, -0.05) is 65.9 Å². The van der Waals surface area contributed by atoms with Crippen LogP contribution in [0.3, 0.4) is 0 Å². The van der Waals surface area contributed by atoms with Crippen LogP contribution in [0.5, 0.6) is 5.75 Å². The third kappa shape index (κ3) is 5.34. The maximum Gasteiger partial charge on any atom is 0.243 e. The summed E-state index contributed by atoms with van der Waals surface area (Å²) in [6, 6.07) is 13.2. The zero-order valence-corrected chi connectivity index (χ0v) is 16.5. The summed E-state index contributed by atoms with van der Waals surface area (Å²) in [6.45, 7) is 3.84. The van der Waals surface area contributed by atoms with Crippen LogP contribution in [0.2, 0.25) is 10.0 Å². The lowest BCUT2D eigenvalue weighted by atomic mass is 10.2. The van der Waals surface area contributed by atoms with Gasteiger partial charge in [0.1, 0.15) is 12.4 Å². The predicted octanol–water partition coefficient (Wildman–Crippen LogP) is 4.97. The predicted molar refractivity (Wildman–Crippen MR) is 107 cm³/mol. The van der Waals surface area contributed by atoms with Crippen molar-refractivity contribution in [2.24, 2.45) is 0 Å². The van der Waals surface area contributed by atoms with E-state index in [1.807, 2.05) is 30.3 Å². The average molecular weight is 406 g/mol. The first kappa shape index (κ1) is 19.5. The van der Waals surface area contributed by atoms with Gasteiger partial charge in [0, 0.05) is 34.3 Å². The summed E-state index contributed by atoms with van der Waals surface area (Å²) in [6.07, 6.45) is 2.12. The molecule has 0 saturated carbocycles. The van der Waals surface area contributed by atoms with Gasteiger partial charge in [0.25, 0.3) is 0 Å². The van der Waals surface area contributed by atoms with Crippen LogP contribution < -0.4 is 10.1 Å². The van der Waals surface area contributed by atoms with Crippen LogP contribution in [0.25, 0.3) is 0 Å². The Kier molecular flexibility index (Phi) is 6.90. The second-order valence-corrected chi connectivity index (χ2v) is 6.91. The fraction of sp³-hybridized carbons (Fsp3) is 0.316. The first-order chi connectivity index (χ1) is 13.2. The van der Waals surface area contributed by atoms with E-state index in [9.17, 15) is 0 Å². The van der Waals surface area contributed by atoms with E-state index in [2.05, 4.69) is 27.8 Å². The lowest BCUT2D eigenvalue weighted by Gasteiger charge is -2.13. The van der Waals surface area contributed by atoms with Crippen molar-refractivity contribution < 1.29 is 4.74 Å². The molecule has 2 aromatic carbocycles. The number of aromatic nitrogens is 4. The molecular formula is C19H21Cl2N5O. The third-order valence-corrected chi connectivity index (χ3v) is 4.65. The molecule has 3 aromatic rings. The highest BCUT2D eigenvalue weighted by molar-refractivity contribution is 6.35. The minimum Gasteiger partial charge on any atom is -0.488 e. The first-order valence-electron chi connectivity index (χ1n) is 8.82. The van der Waals surface area contributed by atoms with Crippen LogP contribution in [0.15, 0.2) is 42.5 Å². The summed E-state index contributed by atoms with van der Waals surface area (Å²) in [7, 11) is 0. The zero-order chi connectivity index (χ0) is 19.1. The molecule has 0 radical (unpaired) electrons. The quantitative estimate of drug-likeness (QED) is 0.544. The number of anilines is 1. The molecule has 0 unspecified atom stereocenters. The summed E-state index contributed by atoms with van der Waals surface area (Å²) < 4.78 is 7.76. The van der Waals surface area contributed by atoms with Crippen molar-refractivity contribution >= 4 is 29.2 Å². The molecule has 0 spiro atoms. The Morgan fingerprint density at radius 2 is 1.96 bits per heavy atom. The molecule has 0 bridgehead atoms. The Bertz CT molecular complexity index is 884. The second kappa shape index (κ2) is 9.58. The van der Waals surface area contributed by atoms with Gasteiger partial charge in [-0.05, 0) is 35.0 Å². The van der Waals surface area contributed by atoms with Gasteiger partial charge in [0.15, 0.2) is 0 Å². The molecule has 27 heavy (non-hydrogen) atoms. The number of ether oxygens (including phenoxy) is 1. The highest BCUT2D eigenvalue weighted by Crippen LogP contribution is 2.24. The highest BCUT2D eigenvalue weighted by atomic mass is 35.5. The monoisotopic (exact) mass is 405 g/mol. The molecule has 1 N–H and O–H groups in total. The number of rotatable bonds is 9. The molecule has 0 atom stereocenters. The normalized spacial score (nSPS) is 10.8. The number of nitrogens with one attached hydrogen (secondary N) is 1. The Morgan fingerprint density at radius 3 is 2.78 bits per heavy atom. The lowest BCUT2D eigenvalue weighted by Crippen LogP contribution is -2.10. The van der Waals surface area contributed by atoms with E-state index in [1.165, 1.54) is 0 Å². The molecule has 0 aliphatic rings. The number of unbranched alkanes of at least 4 members (excludes halogenated alkanes) is 1. The van der Waals surface area contributed by atoms with Gasteiger partial charge in [-0.3, -0.25) is 0 Å². The number of aryl methyl sites for hydroxylation is 1. The van der Waals surface area contributed by atoms with E-state index < -0.39 is 0 Å². The standard InChI is InChI=1S/C19H21Cl2N5O/c1-2-3-10-26-19(23-24-25-26)22-12-14-6-4-5-7-18(14)27-13-15-8-9-16(20)11-17(15)21/h4-9,11H,2-3,10,12-13H2,1H3,(H,22,23,25). The number of para-hydroxylation sites is 1. The van der Waals surface area contributed by atoms with E-state index >= 15 is 0 Å². The van der Waals surface area contributed by atoms with Gasteiger partial charge < -0.3 is 10.1 Å². The van der Waals surface area contributed by atoms with Crippen molar-refractivity contribution in [3.63, 3.8) is 0 Å². The second-order valence-electron chi connectivity index (χ2n) is 6.06. The fourth-order valence-electron chi connectivity index (χ4n) is 2.55. The molecule has 0 aliphatic heterocycles. The van der Waals surface area contributed by atoms with Crippen LogP contribution >= 0.6 is 23.2 Å². The maximum atomic E-state index is 6.22. The summed E-state index contributed by atoms with van der Waals surface area (Å²) in [5.41, 5.74) is 1.89. The summed E-state index contributed by atoms with van der Waals surface area (Å²) in [4.78, 5) is 0. The average Bonchev–Trinajstić information content (AvgIpc) is 3.12. The fourth-order valence-corrected chi connectivity index (χ4v) is 3.01. The number of halogens is 2. The van der Waals surface area contributed by atoms with E-state index in [-0.39, 0.29) is 0 Å². The Labute approximate surface area is 168 Å². The van der Waals surface area contributed by atoms with Gasteiger partial charge >= 0.3 is 0 Å². The minimum atomic E-state index is 0.362. The van der Waals surface area contributed by atoms with Crippen molar-refractivity contribution in [2.45, 2.75) is 39.5 Å². The van der Waals surface area contributed by atoms with E-state index in [0.29, 0.717) is 29.1 Å². The molecule has 0 fully saturated rings. The third-order valence-electron chi connectivity index (χ3n) is 4.06. The number of benzene rings is 2. The van der Waals surface area contributed by atoms with Gasteiger partial charge in [-0.2, -0.15) is 0 Å². The molecule has 1 aromatic heterocycles. The SMILES string of the molecule is CCCCn1nnnc1NCc1ccccc1OCc1ccc(Cl)cc1Cl. The van der Waals surface area contributed by atoms with Crippen LogP contribution in [-0.4, -0.2) is 20.2 Å². The van der Waals surface area contributed by atoms with E-state index in [1.54, 1.807) is 16.8 Å². The topological polar surface area (TPSA) is 64.9 Å². The van der Waals surface area contributed by atoms with Gasteiger partial charge in [-0.15, -0.1) is 0 Å². The Morgan fingerprint density at radius 1 is 1.11 bits per heavy atom. The molecule has 3 rings (SSSR count). The van der Waals surface area contributed by atoms with Crippen molar-refractivity contribution in [1.29, 1.82) is 0 Å². The summed E-state index contributed by atoms with van der Waals surface area (Å²) >= 11 is 12.2.